The highest BCUT2D eigenvalue weighted by Gasteiger charge is 2.28. The number of nitrogens with zero attached hydrogens (tertiary/aromatic N) is 2. The van der Waals surface area contributed by atoms with E-state index in [0.717, 1.165) is 51.1 Å². The molecule has 4 heteroatoms. The Morgan fingerprint density at radius 1 is 1.23 bits per heavy atom. The Balaban J connectivity index is 1.70. The maximum atomic E-state index is 6.17. The standard InChI is InChI=1S/C22H35N3O/c1-4-23-22(25-13-5-7-18(3)16-25)24-15-20-8-6-14-26-21(20)19-11-9-17(2)10-12-19/h9-12,18,20-21H,4-8,13-16H2,1-3H3,(H,23,24). The van der Waals surface area contributed by atoms with E-state index in [1.54, 1.807) is 0 Å². The maximum Gasteiger partial charge on any atom is 0.193 e. The van der Waals surface area contributed by atoms with Gasteiger partial charge in [0.2, 0.25) is 0 Å². The van der Waals surface area contributed by atoms with Crippen LogP contribution in [-0.4, -0.2) is 43.6 Å². The fraction of sp³-hybridized carbons (Fsp3) is 0.682. The second-order valence-corrected chi connectivity index (χ2v) is 7.99. The molecule has 3 unspecified atom stereocenters. The highest BCUT2D eigenvalue weighted by atomic mass is 16.5. The van der Waals surface area contributed by atoms with Gasteiger partial charge < -0.3 is 15.0 Å². The van der Waals surface area contributed by atoms with Crippen molar-refractivity contribution in [3.63, 3.8) is 0 Å². The third-order valence-electron chi connectivity index (χ3n) is 5.62. The molecule has 26 heavy (non-hydrogen) atoms. The first-order chi connectivity index (χ1) is 12.7. The number of aryl methyl sites for hydroxylation is 1. The van der Waals surface area contributed by atoms with Crippen LogP contribution < -0.4 is 5.32 Å². The van der Waals surface area contributed by atoms with Gasteiger partial charge >= 0.3 is 0 Å². The van der Waals surface area contributed by atoms with Crippen molar-refractivity contribution in [2.45, 2.75) is 52.6 Å². The summed E-state index contributed by atoms with van der Waals surface area (Å²) in [5.74, 6) is 2.31. The van der Waals surface area contributed by atoms with Gasteiger partial charge in [0, 0.05) is 38.7 Å². The molecule has 0 aromatic heterocycles. The molecule has 2 heterocycles. The summed E-state index contributed by atoms with van der Waals surface area (Å²) in [4.78, 5) is 7.49. The van der Waals surface area contributed by atoms with E-state index in [4.69, 9.17) is 9.73 Å². The van der Waals surface area contributed by atoms with E-state index in [0.29, 0.717) is 5.92 Å². The van der Waals surface area contributed by atoms with E-state index in [2.05, 4.69) is 55.3 Å². The van der Waals surface area contributed by atoms with Gasteiger partial charge in [0.05, 0.1) is 6.10 Å². The van der Waals surface area contributed by atoms with Crippen LogP contribution >= 0.6 is 0 Å². The van der Waals surface area contributed by atoms with E-state index < -0.39 is 0 Å². The maximum absolute atomic E-state index is 6.17. The predicted octanol–water partition coefficient (Wildman–Crippen LogP) is 4.16. The molecule has 1 aromatic rings. The fourth-order valence-corrected chi connectivity index (χ4v) is 4.17. The second-order valence-electron chi connectivity index (χ2n) is 7.99. The smallest absolute Gasteiger partial charge is 0.193 e. The Morgan fingerprint density at radius 3 is 2.77 bits per heavy atom. The first kappa shape index (κ1) is 19.2. The average molecular weight is 358 g/mol. The Hall–Kier alpha value is -1.55. The van der Waals surface area contributed by atoms with Gasteiger partial charge in [-0.15, -0.1) is 0 Å². The lowest BCUT2D eigenvalue weighted by Crippen LogP contribution is -2.46. The average Bonchev–Trinajstić information content (AvgIpc) is 2.66. The minimum Gasteiger partial charge on any atom is -0.373 e. The van der Waals surface area contributed by atoms with Gasteiger partial charge in [-0.3, -0.25) is 4.99 Å². The van der Waals surface area contributed by atoms with Crippen molar-refractivity contribution in [1.29, 1.82) is 0 Å². The Morgan fingerprint density at radius 2 is 2.04 bits per heavy atom. The first-order valence-electron chi connectivity index (χ1n) is 10.4. The normalized spacial score (nSPS) is 27.4. The molecule has 3 atom stereocenters. The quantitative estimate of drug-likeness (QED) is 0.649. The summed E-state index contributed by atoms with van der Waals surface area (Å²) in [6.45, 7) is 11.5. The van der Waals surface area contributed by atoms with Crippen LogP contribution in [-0.2, 0) is 4.74 Å². The highest BCUT2D eigenvalue weighted by Crippen LogP contribution is 2.34. The highest BCUT2D eigenvalue weighted by molar-refractivity contribution is 5.80. The second kappa shape index (κ2) is 9.40. The van der Waals surface area contributed by atoms with Gasteiger partial charge in [-0.25, -0.2) is 0 Å². The summed E-state index contributed by atoms with van der Waals surface area (Å²) in [6, 6.07) is 8.82. The van der Waals surface area contributed by atoms with E-state index in [9.17, 15) is 0 Å². The van der Waals surface area contributed by atoms with Crippen LogP contribution in [0.5, 0.6) is 0 Å². The summed E-state index contributed by atoms with van der Waals surface area (Å²) in [5, 5.41) is 3.51. The lowest BCUT2D eigenvalue weighted by atomic mass is 9.89. The SMILES string of the molecule is CCNC(=NCC1CCCOC1c1ccc(C)cc1)N1CCCC(C)C1. The van der Waals surface area contributed by atoms with Crippen LogP contribution in [0.3, 0.4) is 0 Å². The number of aliphatic imine (C=N–C) groups is 1. The molecule has 2 aliphatic heterocycles. The lowest BCUT2D eigenvalue weighted by molar-refractivity contribution is -0.0251. The number of nitrogens with one attached hydrogen (secondary N) is 1. The summed E-state index contributed by atoms with van der Waals surface area (Å²) >= 11 is 0. The zero-order valence-electron chi connectivity index (χ0n) is 16.7. The molecular weight excluding hydrogens is 322 g/mol. The van der Waals surface area contributed by atoms with Crippen molar-refractivity contribution in [2.75, 3.05) is 32.8 Å². The summed E-state index contributed by atoms with van der Waals surface area (Å²) in [7, 11) is 0. The van der Waals surface area contributed by atoms with E-state index >= 15 is 0 Å². The number of hydrogen-bond donors (Lipinski definition) is 1. The first-order valence-corrected chi connectivity index (χ1v) is 10.4. The van der Waals surface area contributed by atoms with Crippen LogP contribution in [0.4, 0.5) is 0 Å². The number of rotatable bonds is 4. The van der Waals surface area contributed by atoms with Crippen molar-refractivity contribution in [3.05, 3.63) is 35.4 Å². The van der Waals surface area contributed by atoms with Gasteiger partial charge in [0.25, 0.3) is 0 Å². The molecule has 0 radical (unpaired) electrons. The number of guanidine groups is 1. The molecule has 4 nitrogen and oxygen atoms in total. The van der Waals surface area contributed by atoms with Crippen LogP contribution in [0.15, 0.2) is 29.3 Å². The summed E-state index contributed by atoms with van der Waals surface area (Å²) < 4.78 is 6.17. The third kappa shape index (κ3) is 5.00. The monoisotopic (exact) mass is 357 g/mol. The molecule has 1 N–H and O–H groups in total. The molecular formula is C22H35N3O. The zero-order valence-corrected chi connectivity index (χ0v) is 16.7. The largest absolute Gasteiger partial charge is 0.373 e. The number of ether oxygens (including phenoxy) is 1. The van der Waals surface area contributed by atoms with Gasteiger partial charge in [-0.05, 0) is 51.0 Å². The van der Waals surface area contributed by atoms with Crippen LogP contribution in [0, 0.1) is 18.8 Å². The van der Waals surface area contributed by atoms with E-state index in [-0.39, 0.29) is 6.10 Å². The summed E-state index contributed by atoms with van der Waals surface area (Å²) in [6.07, 6.45) is 5.11. The molecule has 0 spiro atoms. The minimum atomic E-state index is 0.177. The summed E-state index contributed by atoms with van der Waals surface area (Å²) in [5.41, 5.74) is 2.60. The van der Waals surface area contributed by atoms with Gasteiger partial charge in [0.15, 0.2) is 5.96 Å². The van der Waals surface area contributed by atoms with Crippen molar-refractivity contribution >= 4 is 5.96 Å². The van der Waals surface area contributed by atoms with Crippen LogP contribution in [0.25, 0.3) is 0 Å². The molecule has 3 rings (SSSR count). The van der Waals surface area contributed by atoms with Crippen molar-refractivity contribution in [1.82, 2.24) is 10.2 Å². The molecule has 144 valence electrons. The molecule has 2 aliphatic rings. The van der Waals surface area contributed by atoms with Crippen molar-refractivity contribution < 1.29 is 4.74 Å². The van der Waals surface area contributed by atoms with Crippen LogP contribution in [0.1, 0.15) is 56.8 Å². The molecule has 0 aliphatic carbocycles. The predicted molar refractivity (Wildman–Crippen MR) is 109 cm³/mol. The van der Waals surface area contributed by atoms with E-state index in [1.807, 2.05) is 0 Å². The van der Waals surface area contributed by atoms with E-state index in [1.165, 1.54) is 30.4 Å². The van der Waals surface area contributed by atoms with Gasteiger partial charge in [0.1, 0.15) is 0 Å². The number of likely N-dealkylation sites (tertiary alicyclic amines) is 1. The Kier molecular flexibility index (Phi) is 6.95. The Labute approximate surface area is 159 Å². The number of piperidine rings is 1. The molecule has 2 saturated heterocycles. The molecule has 0 bridgehead atoms. The Bertz CT molecular complexity index is 584. The molecule has 0 saturated carbocycles. The van der Waals surface area contributed by atoms with Gasteiger partial charge in [-0.1, -0.05) is 36.8 Å². The molecule has 2 fully saturated rings. The fourth-order valence-electron chi connectivity index (χ4n) is 4.17. The zero-order chi connectivity index (χ0) is 18.4. The minimum absolute atomic E-state index is 0.177. The van der Waals surface area contributed by atoms with Crippen molar-refractivity contribution in [3.8, 4) is 0 Å². The molecule has 0 amide bonds. The van der Waals surface area contributed by atoms with Gasteiger partial charge in [-0.2, -0.15) is 0 Å². The van der Waals surface area contributed by atoms with Crippen LogP contribution in [0.2, 0.25) is 0 Å². The van der Waals surface area contributed by atoms with Crippen molar-refractivity contribution in [2.24, 2.45) is 16.8 Å². The number of benzene rings is 1. The third-order valence-corrected chi connectivity index (χ3v) is 5.62. The molecule has 1 aromatic carbocycles. The lowest BCUT2D eigenvalue weighted by Gasteiger charge is -2.35. The topological polar surface area (TPSA) is 36.9 Å². The number of hydrogen-bond acceptors (Lipinski definition) is 2.